The summed E-state index contributed by atoms with van der Waals surface area (Å²) in [5.74, 6) is 1.33. The first-order chi connectivity index (χ1) is 13.5. The van der Waals surface area contributed by atoms with Crippen molar-refractivity contribution < 1.29 is 9.47 Å². The molecule has 3 aromatic rings. The summed E-state index contributed by atoms with van der Waals surface area (Å²) in [5, 5.41) is 15.3. The van der Waals surface area contributed by atoms with Crippen molar-refractivity contribution in [1.82, 2.24) is 4.98 Å². The first-order valence-corrected chi connectivity index (χ1v) is 9.56. The molecule has 3 rings (SSSR count). The van der Waals surface area contributed by atoms with Crippen molar-refractivity contribution in [3.63, 3.8) is 0 Å². The van der Waals surface area contributed by atoms with Gasteiger partial charge in [-0.1, -0.05) is 12.1 Å². The fraction of sp³-hybridized carbons (Fsp3) is 0.182. The average molecular weight is 391 g/mol. The van der Waals surface area contributed by atoms with E-state index in [4.69, 9.17) is 9.47 Å². The van der Waals surface area contributed by atoms with Gasteiger partial charge in [-0.05, 0) is 43.2 Å². The van der Waals surface area contributed by atoms with Gasteiger partial charge in [-0.2, -0.15) is 5.26 Å². The second kappa shape index (κ2) is 8.59. The topological polar surface area (TPSA) is 67.2 Å². The van der Waals surface area contributed by atoms with Gasteiger partial charge in [0.2, 0.25) is 0 Å². The lowest BCUT2D eigenvalue weighted by atomic mass is 10.1. The number of ether oxygens (including phenoxy) is 2. The molecule has 0 aliphatic carbocycles. The number of nitrogens with zero attached hydrogens (tertiary/aromatic N) is 2. The highest BCUT2D eigenvalue weighted by atomic mass is 32.1. The normalized spacial score (nSPS) is 11.0. The molecule has 0 atom stereocenters. The van der Waals surface area contributed by atoms with Crippen LogP contribution < -0.4 is 14.8 Å². The Morgan fingerprint density at radius 2 is 1.93 bits per heavy atom. The third kappa shape index (κ3) is 4.16. The summed E-state index contributed by atoms with van der Waals surface area (Å²) >= 11 is 1.45. The molecule has 0 amide bonds. The number of benzene rings is 2. The number of nitriles is 1. The van der Waals surface area contributed by atoms with E-state index in [1.54, 1.807) is 26.5 Å². The molecule has 1 aromatic heterocycles. The van der Waals surface area contributed by atoms with Gasteiger partial charge in [-0.15, -0.1) is 11.3 Å². The summed E-state index contributed by atoms with van der Waals surface area (Å²) < 4.78 is 10.6. The number of thiazole rings is 1. The number of anilines is 1. The monoisotopic (exact) mass is 391 g/mol. The van der Waals surface area contributed by atoms with Crippen molar-refractivity contribution in [2.24, 2.45) is 0 Å². The van der Waals surface area contributed by atoms with E-state index in [-0.39, 0.29) is 0 Å². The quantitative estimate of drug-likeness (QED) is 0.568. The van der Waals surface area contributed by atoms with Crippen molar-refractivity contribution in [1.29, 1.82) is 5.26 Å². The van der Waals surface area contributed by atoms with Crippen LogP contribution in [0.15, 0.2) is 48.0 Å². The highest BCUT2D eigenvalue weighted by Gasteiger charge is 2.10. The lowest BCUT2D eigenvalue weighted by molar-refractivity contribution is 0.395. The van der Waals surface area contributed by atoms with Crippen LogP contribution in [0.2, 0.25) is 0 Å². The molecule has 1 N–H and O–H groups in total. The van der Waals surface area contributed by atoms with Gasteiger partial charge in [-0.25, -0.2) is 4.98 Å². The third-order valence-electron chi connectivity index (χ3n) is 4.44. The Hall–Kier alpha value is -3.30. The van der Waals surface area contributed by atoms with Gasteiger partial charge in [0.25, 0.3) is 0 Å². The van der Waals surface area contributed by atoms with Crippen molar-refractivity contribution in [2.75, 3.05) is 19.5 Å². The number of aryl methyl sites for hydroxylation is 2. The Balaban J connectivity index is 1.85. The Morgan fingerprint density at radius 1 is 1.11 bits per heavy atom. The highest BCUT2D eigenvalue weighted by Crippen LogP contribution is 2.31. The number of aromatic nitrogens is 1. The molecule has 0 spiro atoms. The molecule has 1 heterocycles. The SMILES string of the molecule is COc1ccc(NC=C(C#N)c2nc(-c3ccc(C)c(C)c3)cs2)c(OC)c1. The molecule has 28 heavy (non-hydrogen) atoms. The lowest BCUT2D eigenvalue weighted by Crippen LogP contribution is -1.95. The average Bonchev–Trinajstić information content (AvgIpc) is 3.20. The van der Waals surface area contributed by atoms with E-state index in [0.717, 1.165) is 16.9 Å². The van der Waals surface area contributed by atoms with E-state index in [0.29, 0.717) is 22.1 Å². The predicted molar refractivity (Wildman–Crippen MR) is 114 cm³/mol. The smallest absolute Gasteiger partial charge is 0.145 e. The van der Waals surface area contributed by atoms with Crippen molar-refractivity contribution in [3.8, 4) is 28.8 Å². The highest BCUT2D eigenvalue weighted by molar-refractivity contribution is 7.11. The summed E-state index contributed by atoms with van der Waals surface area (Å²) in [7, 11) is 3.19. The van der Waals surface area contributed by atoms with E-state index < -0.39 is 0 Å². The molecular formula is C22H21N3O2S. The number of nitrogens with one attached hydrogen (secondary N) is 1. The van der Waals surface area contributed by atoms with E-state index in [9.17, 15) is 5.26 Å². The summed E-state index contributed by atoms with van der Waals surface area (Å²) in [6.07, 6.45) is 1.65. The molecule has 0 unspecified atom stereocenters. The second-order valence-corrected chi connectivity index (χ2v) is 7.08. The van der Waals surface area contributed by atoms with Gasteiger partial charge in [0.05, 0.1) is 25.6 Å². The van der Waals surface area contributed by atoms with Gasteiger partial charge < -0.3 is 14.8 Å². The fourth-order valence-electron chi connectivity index (χ4n) is 2.64. The molecule has 142 valence electrons. The van der Waals surface area contributed by atoms with E-state index >= 15 is 0 Å². The zero-order valence-corrected chi connectivity index (χ0v) is 17.1. The number of hydrogen-bond acceptors (Lipinski definition) is 6. The first kappa shape index (κ1) is 19.5. The van der Waals surface area contributed by atoms with Crippen LogP contribution in [0.1, 0.15) is 16.1 Å². The van der Waals surface area contributed by atoms with Crippen LogP contribution in [-0.4, -0.2) is 19.2 Å². The van der Waals surface area contributed by atoms with Crippen molar-refractivity contribution >= 4 is 22.6 Å². The minimum absolute atomic E-state index is 0.456. The standard InChI is InChI=1S/C22H21N3O2S/c1-14-5-6-16(9-15(14)2)20-13-28-22(25-20)17(11-23)12-24-19-8-7-18(26-3)10-21(19)27-4/h5-10,12-13,24H,1-4H3. The molecule has 5 nitrogen and oxygen atoms in total. The van der Waals surface area contributed by atoms with Crippen LogP contribution in [0.3, 0.4) is 0 Å². The van der Waals surface area contributed by atoms with Gasteiger partial charge in [-0.3, -0.25) is 0 Å². The summed E-state index contributed by atoms with van der Waals surface area (Å²) in [6.45, 7) is 4.17. The molecule has 0 saturated carbocycles. The van der Waals surface area contributed by atoms with E-state index in [1.165, 1.54) is 22.5 Å². The molecule has 0 bridgehead atoms. The van der Waals surface area contributed by atoms with Gasteiger partial charge >= 0.3 is 0 Å². The van der Waals surface area contributed by atoms with Crippen LogP contribution in [0.4, 0.5) is 5.69 Å². The van der Waals surface area contributed by atoms with Gasteiger partial charge in [0.1, 0.15) is 28.1 Å². The molecule has 0 aliphatic rings. The first-order valence-electron chi connectivity index (χ1n) is 8.68. The summed E-state index contributed by atoms with van der Waals surface area (Å²) in [6, 6.07) is 13.9. The fourth-order valence-corrected chi connectivity index (χ4v) is 3.43. The van der Waals surface area contributed by atoms with Crippen LogP contribution in [0.25, 0.3) is 16.8 Å². The van der Waals surface area contributed by atoms with E-state index in [1.807, 2.05) is 17.5 Å². The number of allylic oxidation sites excluding steroid dienone is 1. The second-order valence-electron chi connectivity index (χ2n) is 6.22. The maximum absolute atomic E-state index is 9.58. The van der Waals surface area contributed by atoms with Crippen LogP contribution in [0, 0.1) is 25.2 Å². The molecular weight excluding hydrogens is 370 g/mol. The Morgan fingerprint density at radius 3 is 2.61 bits per heavy atom. The number of hydrogen-bond donors (Lipinski definition) is 1. The van der Waals surface area contributed by atoms with Crippen LogP contribution >= 0.6 is 11.3 Å². The van der Waals surface area contributed by atoms with E-state index in [2.05, 4.69) is 48.4 Å². The minimum Gasteiger partial charge on any atom is -0.497 e. The Labute approximate surface area is 168 Å². The molecule has 2 aromatic carbocycles. The molecule has 0 saturated heterocycles. The Bertz CT molecular complexity index is 1060. The zero-order valence-electron chi connectivity index (χ0n) is 16.2. The number of methoxy groups -OCH3 is 2. The van der Waals surface area contributed by atoms with Gasteiger partial charge in [0, 0.05) is 23.2 Å². The number of rotatable bonds is 6. The molecule has 6 heteroatoms. The van der Waals surface area contributed by atoms with Crippen molar-refractivity contribution in [3.05, 3.63) is 64.1 Å². The maximum Gasteiger partial charge on any atom is 0.145 e. The van der Waals surface area contributed by atoms with Crippen LogP contribution in [-0.2, 0) is 0 Å². The zero-order chi connectivity index (χ0) is 20.1. The predicted octanol–water partition coefficient (Wildman–Crippen LogP) is 5.42. The summed E-state index contributed by atoms with van der Waals surface area (Å²) in [4.78, 5) is 4.64. The van der Waals surface area contributed by atoms with Crippen molar-refractivity contribution in [2.45, 2.75) is 13.8 Å². The maximum atomic E-state index is 9.58. The van der Waals surface area contributed by atoms with Gasteiger partial charge in [0.15, 0.2) is 0 Å². The largest absolute Gasteiger partial charge is 0.497 e. The molecule has 0 radical (unpaired) electrons. The minimum atomic E-state index is 0.456. The summed E-state index contributed by atoms with van der Waals surface area (Å²) in [5.41, 5.74) is 5.57. The van der Waals surface area contributed by atoms with Crippen LogP contribution in [0.5, 0.6) is 11.5 Å². The Kier molecular flexibility index (Phi) is 5.97. The molecule has 0 aliphatic heterocycles. The third-order valence-corrected chi connectivity index (χ3v) is 5.31. The molecule has 0 fully saturated rings. The lowest BCUT2D eigenvalue weighted by Gasteiger charge is -2.10.